The van der Waals surface area contributed by atoms with Crippen LogP contribution in [0.15, 0.2) is 24.3 Å². The van der Waals surface area contributed by atoms with E-state index in [-0.39, 0.29) is 11.8 Å². The van der Waals surface area contributed by atoms with Gasteiger partial charge in [-0.1, -0.05) is 32.0 Å². The minimum atomic E-state index is -0.0302. The van der Waals surface area contributed by atoms with Crippen molar-refractivity contribution >= 4 is 11.6 Å². The zero-order chi connectivity index (χ0) is 15.4. The standard InChI is InChI=1S/C17H27N3O/c1-12(2)16(20(3)4)11-19-17(21)14-9-10-18-15-8-6-5-7-13(14)15/h5-8,12,14,16,18H,9-11H2,1-4H3,(H,19,21). The van der Waals surface area contributed by atoms with Crippen LogP contribution in [0.3, 0.4) is 0 Å². The number of amides is 1. The maximum atomic E-state index is 12.6. The number of rotatable bonds is 5. The SMILES string of the molecule is CC(C)C(CNC(=O)C1CCNc2ccccc21)N(C)C. The van der Waals surface area contributed by atoms with E-state index in [9.17, 15) is 4.79 Å². The van der Waals surface area contributed by atoms with Gasteiger partial charge >= 0.3 is 0 Å². The zero-order valence-electron chi connectivity index (χ0n) is 13.5. The molecule has 0 radical (unpaired) electrons. The fraction of sp³-hybridized carbons (Fsp3) is 0.588. The summed E-state index contributed by atoms with van der Waals surface area (Å²) in [6.07, 6.45) is 0.858. The molecule has 2 unspecified atom stereocenters. The summed E-state index contributed by atoms with van der Waals surface area (Å²) in [5.41, 5.74) is 2.21. The number of para-hydroxylation sites is 1. The lowest BCUT2D eigenvalue weighted by molar-refractivity contribution is -0.123. The van der Waals surface area contributed by atoms with E-state index in [1.807, 2.05) is 18.2 Å². The van der Waals surface area contributed by atoms with E-state index in [0.29, 0.717) is 18.5 Å². The van der Waals surface area contributed by atoms with Crippen molar-refractivity contribution in [2.24, 2.45) is 5.92 Å². The molecule has 0 bridgehead atoms. The Morgan fingerprint density at radius 2 is 2.10 bits per heavy atom. The van der Waals surface area contributed by atoms with Crippen molar-refractivity contribution in [2.45, 2.75) is 32.2 Å². The third-order valence-corrected chi connectivity index (χ3v) is 4.32. The molecule has 1 aromatic rings. The fourth-order valence-electron chi connectivity index (χ4n) is 3.08. The number of likely N-dealkylation sites (N-methyl/N-ethyl adjacent to an activating group) is 1. The molecule has 1 aliphatic heterocycles. The normalized spacial score (nSPS) is 19.0. The Labute approximate surface area is 127 Å². The maximum Gasteiger partial charge on any atom is 0.227 e. The number of carbonyl (C=O) groups excluding carboxylic acids is 1. The number of hydrogen-bond donors (Lipinski definition) is 2. The molecule has 2 N–H and O–H groups in total. The molecule has 0 aromatic heterocycles. The van der Waals surface area contributed by atoms with E-state index >= 15 is 0 Å². The first kappa shape index (κ1) is 15.8. The molecule has 1 aliphatic rings. The minimum Gasteiger partial charge on any atom is -0.385 e. The summed E-state index contributed by atoms with van der Waals surface area (Å²) in [5.74, 6) is 0.634. The molecule has 0 saturated carbocycles. The molecule has 0 fully saturated rings. The molecule has 1 amide bonds. The largest absolute Gasteiger partial charge is 0.385 e. The van der Waals surface area contributed by atoms with Crippen LogP contribution in [0.4, 0.5) is 5.69 Å². The van der Waals surface area contributed by atoms with Gasteiger partial charge in [0.05, 0.1) is 5.92 Å². The molecule has 4 heteroatoms. The summed E-state index contributed by atoms with van der Waals surface area (Å²) in [5, 5.41) is 6.51. The average molecular weight is 289 g/mol. The molecule has 4 nitrogen and oxygen atoms in total. The number of nitrogens with one attached hydrogen (secondary N) is 2. The first-order valence-electron chi connectivity index (χ1n) is 7.77. The highest BCUT2D eigenvalue weighted by Crippen LogP contribution is 2.31. The Hall–Kier alpha value is -1.55. The van der Waals surface area contributed by atoms with E-state index in [4.69, 9.17) is 0 Å². The highest BCUT2D eigenvalue weighted by Gasteiger charge is 2.27. The van der Waals surface area contributed by atoms with Crippen molar-refractivity contribution in [3.05, 3.63) is 29.8 Å². The Morgan fingerprint density at radius 3 is 2.76 bits per heavy atom. The Balaban J connectivity index is 2.02. The van der Waals surface area contributed by atoms with E-state index < -0.39 is 0 Å². The quantitative estimate of drug-likeness (QED) is 0.874. The van der Waals surface area contributed by atoms with Gasteiger partial charge in [0.15, 0.2) is 0 Å². The number of anilines is 1. The van der Waals surface area contributed by atoms with Crippen LogP contribution in [0, 0.1) is 5.92 Å². The van der Waals surface area contributed by atoms with Gasteiger partial charge in [-0.2, -0.15) is 0 Å². The number of benzene rings is 1. The molecule has 0 aliphatic carbocycles. The Morgan fingerprint density at radius 1 is 1.38 bits per heavy atom. The molecular formula is C17H27N3O. The molecule has 0 spiro atoms. The van der Waals surface area contributed by atoms with Crippen molar-refractivity contribution in [1.82, 2.24) is 10.2 Å². The molecule has 116 valence electrons. The second kappa shape index (κ2) is 6.94. The van der Waals surface area contributed by atoms with Gasteiger partial charge in [-0.05, 0) is 38.1 Å². The van der Waals surface area contributed by atoms with Gasteiger partial charge in [-0.25, -0.2) is 0 Å². The first-order chi connectivity index (χ1) is 10.0. The number of fused-ring (bicyclic) bond motifs is 1. The van der Waals surface area contributed by atoms with E-state index in [2.05, 4.69) is 49.5 Å². The number of carbonyl (C=O) groups is 1. The molecular weight excluding hydrogens is 262 g/mol. The van der Waals surface area contributed by atoms with E-state index in [1.165, 1.54) is 0 Å². The summed E-state index contributed by atoms with van der Waals surface area (Å²) < 4.78 is 0. The number of hydrogen-bond acceptors (Lipinski definition) is 3. The van der Waals surface area contributed by atoms with Crippen LogP contribution < -0.4 is 10.6 Å². The van der Waals surface area contributed by atoms with Crippen LogP contribution in [0.1, 0.15) is 31.7 Å². The van der Waals surface area contributed by atoms with Gasteiger partial charge in [-0.15, -0.1) is 0 Å². The summed E-state index contributed by atoms with van der Waals surface area (Å²) in [6, 6.07) is 8.48. The molecule has 0 saturated heterocycles. The second-order valence-electron chi connectivity index (χ2n) is 6.38. The Kier molecular flexibility index (Phi) is 5.23. The monoisotopic (exact) mass is 289 g/mol. The van der Waals surface area contributed by atoms with Gasteiger partial charge in [0.2, 0.25) is 5.91 Å². The van der Waals surface area contributed by atoms with E-state index in [0.717, 1.165) is 24.2 Å². The van der Waals surface area contributed by atoms with Crippen LogP contribution >= 0.6 is 0 Å². The van der Waals surface area contributed by atoms with Crippen molar-refractivity contribution in [3.63, 3.8) is 0 Å². The topological polar surface area (TPSA) is 44.4 Å². The highest BCUT2D eigenvalue weighted by atomic mass is 16.1. The van der Waals surface area contributed by atoms with Crippen LogP contribution in [-0.4, -0.2) is 44.0 Å². The minimum absolute atomic E-state index is 0.0302. The van der Waals surface area contributed by atoms with Crippen LogP contribution in [0.5, 0.6) is 0 Å². The third-order valence-electron chi connectivity index (χ3n) is 4.32. The smallest absolute Gasteiger partial charge is 0.227 e. The predicted octanol–water partition coefficient (Wildman–Crippen LogP) is 2.29. The number of nitrogens with zero attached hydrogens (tertiary/aromatic N) is 1. The zero-order valence-corrected chi connectivity index (χ0v) is 13.5. The van der Waals surface area contributed by atoms with Crippen molar-refractivity contribution < 1.29 is 4.79 Å². The lowest BCUT2D eigenvalue weighted by Crippen LogP contribution is -2.45. The molecule has 1 heterocycles. The Bertz CT molecular complexity index is 477. The van der Waals surface area contributed by atoms with Crippen molar-refractivity contribution in [1.29, 1.82) is 0 Å². The van der Waals surface area contributed by atoms with Crippen LogP contribution in [0.2, 0.25) is 0 Å². The highest BCUT2D eigenvalue weighted by molar-refractivity contribution is 5.86. The van der Waals surface area contributed by atoms with Gasteiger partial charge in [0, 0.05) is 24.8 Å². The van der Waals surface area contributed by atoms with Gasteiger partial charge < -0.3 is 15.5 Å². The van der Waals surface area contributed by atoms with Gasteiger partial charge in [0.25, 0.3) is 0 Å². The first-order valence-corrected chi connectivity index (χ1v) is 7.77. The summed E-state index contributed by atoms with van der Waals surface area (Å²) in [7, 11) is 4.13. The summed E-state index contributed by atoms with van der Waals surface area (Å²) in [4.78, 5) is 14.7. The maximum absolute atomic E-state index is 12.6. The fourth-order valence-corrected chi connectivity index (χ4v) is 3.08. The molecule has 2 atom stereocenters. The lowest BCUT2D eigenvalue weighted by atomic mass is 9.90. The van der Waals surface area contributed by atoms with Gasteiger partial charge in [-0.3, -0.25) is 4.79 Å². The van der Waals surface area contributed by atoms with Crippen LogP contribution in [0.25, 0.3) is 0 Å². The second-order valence-corrected chi connectivity index (χ2v) is 6.38. The van der Waals surface area contributed by atoms with Crippen LogP contribution in [-0.2, 0) is 4.79 Å². The lowest BCUT2D eigenvalue weighted by Gasteiger charge is -2.30. The third kappa shape index (κ3) is 3.76. The molecule has 21 heavy (non-hydrogen) atoms. The summed E-state index contributed by atoms with van der Waals surface area (Å²) >= 11 is 0. The summed E-state index contributed by atoms with van der Waals surface area (Å²) in [6.45, 7) is 5.94. The molecule has 1 aromatic carbocycles. The van der Waals surface area contributed by atoms with Crippen molar-refractivity contribution in [2.75, 3.05) is 32.5 Å². The average Bonchev–Trinajstić information content (AvgIpc) is 2.46. The predicted molar refractivity (Wildman–Crippen MR) is 87.6 cm³/mol. The molecule has 2 rings (SSSR count). The van der Waals surface area contributed by atoms with Gasteiger partial charge in [0.1, 0.15) is 0 Å². The van der Waals surface area contributed by atoms with Crippen molar-refractivity contribution in [3.8, 4) is 0 Å². The van der Waals surface area contributed by atoms with E-state index in [1.54, 1.807) is 0 Å².